The monoisotopic (exact) mass is 338 g/mol. The highest BCUT2D eigenvalue weighted by Gasteiger charge is 2.24. The number of carbonyl (C=O) groups is 1. The Bertz CT molecular complexity index is 989. The van der Waals surface area contributed by atoms with Crippen molar-refractivity contribution in [1.29, 1.82) is 0 Å². The topological polar surface area (TPSA) is 73.8 Å². The van der Waals surface area contributed by atoms with Crippen LogP contribution in [0.5, 0.6) is 5.75 Å². The Kier molecular flexibility index (Phi) is 4.27. The Morgan fingerprint density at radius 3 is 2.56 bits per heavy atom. The van der Waals surface area contributed by atoms with E-state index in [-0.39, 0.29) is 11.4 Å². The summed E-state index contributed by atoms with van der Waals surface area (Å²) in [5.74, 6) is 0.189. The van der Waals surface area contributed by atoms with Crippen molar-refractivity contribution in [2.45, 2.75) is 20.8 Å². The second-order valence-corrected chi connectivity index (χ2v) is 5.91. The van der Waals surface area contributed by atoms with Gasteiger partial charge in [-0.05, 0) is 56.2 Å². The van der Waals surface area contributed by atoms with Crippen LogP contribution in [-0.2, 0) is 0 Å². The number of hydrogen-bond donors (Lipinski definition) is 0. The van der Waals surface area contributed by atoms with Gasteiger partial charge in [0.15, 0.2) is 6.29 Å². The number of pyridine rings is 1. The molecule has 0 aliphatic carbocycles. The van der Waals surface area contributed by atoms with Gasteiger partial charge in [0.25, 0.3) is 0 Å². The Hall–Kier alpha value is -3.15. The molecule has 2 aromatic heterocycles. The third-order valence-corrected chi connectivity index (χ3v) is 4.07. The Labute approximate surface area is 144 Å². The zero-order valence-electron chi connectivity index (χ0n) is 14.3. The summed E-state index contributed by atoms with van der Waals surface area (Å²) in [5, 5.41) is 11.5. The highest BCUT2D eigenvalue weighted by molar-refractivity contribution is 5.92. The van der Waals surface area contributed by atoms with Crippen LogP contribution < -0.4 is 4.74 Å². The van der Waals surface area contributed by atoms with Crippen LogP contribution >= 0.6 is 0 Å². The predicted molar refractivity (Wildman–Crippen MR) is 95.5 cm³/mol. The van der Waals surface area contributed by atoms with Crippen molar-refractivity contribution in [3.8, 4) is 16.9 Å². The molecule has 0 atom stereocenters. The molecule has 6 heteroatoms. The van der Waals surface area contributed by atoms with Gasteiger partial charge in [0.05, 0.1) is 17.2 Å². The van der Waals surface area contributed by atoms with E-state index in [0.29, 0.717) is 23.4 Å². The number of aromatic nitrogens is 1. The average molecular weight is 338 g/mol. The van der Waals surface area contributed by atoms with Crippen molar-refractivity contribution in [3.05, 3.63) is 63.5 Å². The van der Waals surface area contributed by atoms with E-state index in [1.54, 1.807) is 18.2 Å². The number of aryl methyl sites for hydroxylation is 2. The maximum Gasteiger partial charge on any atom is 0.311 e. The maximum atomic E-state index is 11.7. The lowest BCUT2D eigenvalue weighted by Gasteiger charge is -2.11. The molecule has 0 amide bonds. The molecule has 0 saturated carbocycles. The van der Waals surface area contributed by atoms with Crippen LogP contribution in [0.3, 0.4) is 0 Å². The molecule has 3 aromatic rings. The highest BCUT2D eigenvalue weighted by atomic mass is 16.6. The summed E-state index contributed by atoms with van der Waals surface area (Å²) < 4.78 is 7.37. The highest BCUT2D eigenvalue weighted by Crippen LogP contribution is 2.41. The van der Waals surface area contributed by atoms with Crippen LogP contribution in [0, 0.1) is 24.0 Å². The van der Waals surface area contributed by atoms with E-state index in [9.17, 15) is 14.9 Å². The number of nitro groups is 1. The molecule has 0 radical (unpaired) electrons. The third kappa shape index (κ3) is 2.87. The molecule has 0 aliphatic rings. The van der Waals surface area contributed by atoms with E-state index in [2.05, 4.69) is 0 Å². The van der Waals surface area contributed by atoms with Gasteiger partial charge in [-0.25, -0.2) is 0 Å². The average Bonchev–Trinajstić information content (AvgIpc) is 2.93. The summed E-state index contributed by atoms with van der Waals surface area (Å²) in [6, 6.07) is 9.02. The molecule has 2 heterocycles. The SMILES string of the molecule is CCOc1c(-c2cc3cc(C)ccn3c2C=O)cc(C)cc1[N+](=O)[O-]. The third-order valence-electron chi connectivity index (χ3n) is 4.07. The molecule has 25 heavy (non-hydrogen) atoms. The predicted octanol–water partition coefficient (Wildman–Crippen LogP) is 4.34. The lowest BCUT2D eigenvalue weighted by Crippen LogP contribution is -2.01. The Morgan fingerprint density at radius 2 is 1.92 bits per heavy atom. The normalized spacial score (nSPS) is 10.8. The van der Waals surface area contributed by atoms with Crippen LogP contribution in [0.2, 0.25) is 0 Å². The maximum absolute atomic E-state index is 11.7. The van der Waals surface area contributed by atoms with Crippen LogP contribution in [-0.4, -0.2) is 22.2 Å². The number of carbonyl (C=O) groups excluding carboxylic acids is 1. The van der Waals surface area contributed by atoms with Gasteiger partial charge in [-0.1, -0.05) is 0 Å². The molecule has 0 aliphatic heterocycles. The molecule has 128 valence electrons. The standard InChI is InChI=1S/C19H18N2O4/c1-4-25-19-16(8-13(3)9-17(19)21(23)24)15-10-14-7-12(2)5-6-20(14)18(15)11-22/h5-11H,4H2,1-3H3. The van der Waals surface area contributed by atoms with Crippen LogP contribution in [0.25, 0.3) is 16.6 Å². The van der Waals surface area contributed by atoms with E-state index >= 15 is 0 Å². The molecule has 0 saturated heterocycles. The quantitative estimate of drug-likeness (QED) is 0.394. The Morgan fingerprint density at radius 1 is 1.16 bits per heavy atom. The first kappa shape index (κ1) is 16.7. The van der Waals surface area contributed by atoms with Gasteiger partial charge in [-0.15, -0.1) is 0 Å². The molecule has 1 aromatic carbocycles. The summed E-state index contributed by atoms with van der Waals surface area (Å²) in [6.45, 7) is 5.82. The van der Waals surface area contributed by atoms with Gasteiger partial charge in [-0.3, -0.25) is 14.9 Å². The molecule has 0 bridgehead atoms. The molecule has 0 fully saturated rings. The lowest BCUT2D eigenvalue weighted by molar-refractivity contribution is -0.385. The zero-order chi connectivity index (χ0) is 18.1. The molecular weight excluding hydrogens is 320 g/mol. The summed E-state index contributed by atoms with van der Waals surface area (Å²) in [6.07, 6.45) is 2.59. The van der Waals surface area contributed by atoms with Gasteiger partial charge in [0, 0.05) is 28.9 Å². The lowest BCUT2D eigenvalue weighted by atomic mass is 10.0. The zero-order valence-corrected chi connectivity index (χ0v) is 14.3. The number of hydrogen-bond acceptors (Lipinski definition) is 4. The summed E-state index contributed by atoms with van der Waals surface area (Å²) in [4.78, 5) is 22.7. The summed E-state index contributed by atoms with van der Waals surface area (Å²) in [7, 11) is 0. The first-order valence-electron chi connectivity index (χ1n) is 7.95. The largest absolute Gasteiger partial charge is 0.487 e. The molecule has 0 unspecified atom stereocenters. The molecular formula is C19H18N2O4. The minimum Gasteiger partial charge on any atom is -0.487 e. The summed E-state index contributed by atoms with van der Waals surface area (Å²) >= 11 is 0. The second-order valence-electron chi connectivity index (χ2n) is 5.91. The van der Waals surface area contributed by atoms with Crippen molar-refractivity contribution >= 4 is 17.5 Å². The molecule has 0 N–H and O–H groups in total. The van der Waals surface area contributed by atoms with Gasteiger partial charge in [-0.2, -0.15) is 0 Å². The van der Waals surface area contributed by atoms with Gasteiger partial charge >= 0.3 is 5.69 Å². The van der Waals surface area contributed by atoms with Crippen molar-refractivity contribution in [1.82, 2.24) is 4.40 Å². The molecule has 0 spiro atoms. The van der Waals surface area contributed by atoms with Crippen LogP contribution in [0.15, 0.2) is 36.5 Å². The van der Waals surface area contributed by atoms with E-state index in [4.69, 9.17) is 4.74 Å². The van der Waals surface area contributed by atoms with Crippen LogP contribution in [0.1, 0.15) is 28.5 Å². The van der Waals surface area contributed by atoms with E-state index in [0.717, 1.165) is 22.9 Å². The van der Waals surface area contributed by atoms with E-state index in [1.807, 2.05) is 37.4 Å². The number of nitrogens with zero attached hydrogens (tertiary/aromatic N) is 2. The smallest absolute Gasteiger partial charge is 0.311 e. The minimum absolute atomic E-state index is 0.0971. The molecule has 3 rings (SSSR count). The number of benzene rings is 1. The second kappa shape index (κ2) is 6.39. The van der Waals surface area contributed by atoms with Crippen molar-refractivity contribution in [2.75, 3.05) is 6.61 Å². The van der Waals surface area contributed by atoms with Crippen molar-refractivity contribution in [2.24, 2.45) is 0 Å². The fourth-order valence-corrected chi connectivity index (χ4v) is 3.03. The first-order valence-corrected chi connectivity index (χ1v) is 7.95. The van der Waals surface area contributed by atoms with Gasteiger partial charge < -0.3 is 9.14 Å². The van der Waals surface area contributed by atoms with Crippen molar-refractivity contribution in [3.63, 3.8) is 0 Å². The number of nitro benzene ring substituents is 1. The number of aldehydes is 1. The van der Waals surface area contributed by atoms with E-state index < -0.39 is 4.92 Å². The number of fused-ring (bicyclic) bond motifs is 1. The first-order chi connectivity index (χ1) is 12.0. The number of ether oxygens (including phenoxy) is 1. The minimum atomic E-state index is -0.456. The van der Waals surface area contributed by atoms with Crippen molar-refractivity contribution < 1.29 is 14.5 Å². The fourth-order valence-electron chi connectivity index (χ4n) is 3.03. The fraction of sp³-hybridized carbons (Fsp3) is 0.211. The number of rotatable bonds is 5. The Balaban J connectivity index is 2.37. The van der Waals surface area contributed by atoms with E-state index in [1.165, 1.54) is 6.07 Å². The summed E-state index contributed by atoms with van der Waals surface area (Å²) in [5.41, 5.74) is 4.16. The van der Waals surface area contributed by atoms with Gasteiger partial charge in [0.2, 0.25) is 5.75 Å². The molecule has 6 nitrogen and oxygen atoms in total. The van der Waals surface area contributed by atoms with Gasteiger partial charge in [0.1, 0.15) is 0 Å². The van der Waals surface area contributed by atoms with Crippen LogP contribution in [0.4, 0.5) is 5.69 Å².